The van der Waals surface area contributed by atoms with Crippen molar-refractivity contribution >= 4 is 22.0 Å². The molecular weight excluding hydrogens is 406 g/mol. The molecule has 30 heavy (non-hydrogen) atoms. The smallest absolute Gasteiger partial charge is 0.338 e. The monoisotopic (exact) mass is 431 g/mol. The van der Waals surface area contributed by atoms with Crippen LogP contribution in [0.3, 0.4) is 0 Å². The Kier molecular flexibility index (Phi) is 6.89. The van der Waals surface area contributed by atoms with Crippen LogP contribution in [0.2, 0.25) is 0 Å². The average Bonchev–Trinajstić information content (AvgIpc) is 2.78. The Labute approximate surface area is 176 Å². The summed E-state index contributed by atoms with van der Waals surface area (Å²) in [5.74, 6) is -1.04. The highest BCUT2D eigenvalue weighted by atomic mass is 32.2. The van der Waals surface area contributed by atoms with Crippen molar-refractivity contribution in [3.63, 3.8) is 0 Å². The van der Waals surface area contributed by atoms with E-state index in [1.54, 1.807) is 37.3 Å². The molecule has 0 spiro atoms. The summed E-state index contributed by atoms with van der Waals surface area (Å²) in [4.78, 5) is 24.2. The summed E-state index contributed by atoms with van der Waals surface area (Å²) >= 11 is 0. The van der Waals surface area contributed by atoms with Crippen LogP contribution >= 0.6 is 0 Å². The van der Waals surface area contributed by atoms with Gasteiger partial charge in [-0.1, -0.05) is 24.6 Å². The van der Waals surface area contributed by atoms with Crippen LogP contribution in [0.1, 0.15) is 51.1 Å². The van der Waals surface area contributed by atoms with E-state index in [1.807, 2.05) is 0 Å². The van der Waals surface area contributed by atoms with Crippen LogP contribution in [-0.4, -0.2) is 44.9 Å². The molecular formula is C22H25NO6S. The molecule has 0 atom stereocenters. The largest absolute Gasteiger partial charge is 0.465 e. The Morgan fingerprint density at radius 1 is 0.967 bits per heavy atom. The van der Waals surface area contributed by atoms with Crippen molar-refractivity contribution in [2.45, 2.75) is 37.7 Å². The molecule has 0 saturated carbocycles. The third kappa shape index (κ3) is 4.88. The fourth-order valence-corrected chi connectivity index (χ4v) is 4.86. The van der Waals surface area contributed by atoms with Crippen molar-refractivity contribution in [3.05, 3.63) is 64.7 Å². The van der Waals surface area contributed by atoms with Gasteiger partial charge in [0.1, 0.15) is 6.61 Å². The summed E-state index contributed by atoms with van der Waals surface area (Å²) in [7, 11) is -2.33. The zero-order valence-corrected chi connectivity index (χ0v) is 17.9. The molecule has 0 aliphatic carbocycles. The zero-order chi connectivity index (χ0) is 21.7. The highest BCUT2D eigenvalue weighted by molar-refractivity contribution is 7.89. The van der Waals surface area contributed by atoms with Gasteiger partial charge >= 0.3 is 11.9 Å². The van der Waals surface area contributed by atoms with Gasteiger partial charge in [0.05, 0.1) is 23.1 Å². The van der Waals surface area contributed by atoms with Gasteiger partial charge in [0.25, 0.3) is 0 Å². The van der Waals surface area contributed by atoms with Gasteiger partial charge in [-0.05, 0) is 55.2 Å². The maximum absolute atomic E-state index is 12.9. The van der Waals surface area contributed by atoms with Crippen molar-refractivity contribution < 1.29 is 27.5 Å². The van der Waals surface area contributed by atoms with Crippen LogP contribution in [-0.2, 0) is 26.1 Å². The Hall–Kier alpha value is -2.71. The molecule has 1 fully saturated rings. The summed E-state index contributed by atoms with van der Waals surface area (Å²) in [6.07, 6.45) is 2.71. The molecule has 1 aliphatic rings. The third-order valence-corrected chi connectivity index (χ3v) is 7.02. The maximum Gasteiger partial charge on any atom is 0.338 e. The van der Waals surface area contributed by atoms with Gasteiger partial charge in [-0.25, -0.2) is 18.0 Å². The Morgan fingerprint density at radius 3 is 2.27 bits per heavy atom. The summed E-state index contributed by atoms with van der Waals surface area (Å²) < 4.78 is 37.3. The number of hydrogen-bond acceptors (Lipinski definition) is 6. The molecule has 1 saturated heterocycles. The summed E-state index contributed by atoms with van der Waals surface area (Å²) in [5.41, 5.74) is 1.96. The number of sulfonamides is 1. The quantitative estimate of drug-likeness (QED) is 0.652. The van der Waals surface area contributed by atoms with E-state index in [0.717, 1.165) is 19.3 Å². The predicted molar refractivity (Wildman–Crippen MR) is 111 cm³/mol. The molecule has 1 heterocycles. The Balaban J connectivity index is 1.73. The molecule has 2 aromatic rings. The second kappa shape index (κ2) is 9.40. The van der Waals surface area contributed by atoms with Crippen molar-refractivity contribution in [2.24, 2.45) is 0 Å². The van der Waals surface area contributed by atoms with Gasteiger partial charge in [0, 0.05) is 13.1 Å². The molecule has 1 aliphatic heterocycles. The van der Waals surface area contributed by atoms with Gasteiger partial charge in [-0.2, -0.15) is 4.31 Å². The lowest BCUT2D eigenvalue weighted by atomic mass is 10.1. The van der Waals surface area contributed by atoms with E-state index in [2.05, 4.69) is 4.74 Å². The molecule has 0 bridgehead atoms. The first-order valence-electron chi connectivity index (χ1n) is 9.78. The second-order valence-corrected chi connectivity index (χ2v) is 9.14. The summed E-state index contributed by atoms with van der Waals surface area (Å²) in [6, 6.07) is 11.1. The summed E-state index contributed by atoms with van der Waals surface area (Å²) in [6.45, 7) is 2.73. The first-order valence-corrected chi connectivity index (χ1v) is 11.2. The number of carbonyl (C=O) groups is 2. The average molecular weight is 432 g/mol. The highest BCUT2D eigenvalue weighted by Gasteiger charge is 2.27. The molecule has 160 valence electrons. The number of rotatable bonds is 6. The number of piperidine rings is 1. The van der Waals surface area contributed by atoms with Gasteiger partial charge in [0.2, 0.25) is 10.0 Å². The van der Waals surface area contributed by atoms with E-state index in [9.17, 15) is 18.0 Å². The number of aryl methyl sites for hydroxylation is 1. The lowest BCUT2D eigenvalue weighted by Crippen LogP contribution is -2.35. The van der Waals surface area contributed by atoms with E-state index < -0.39 is 22.0 Å². The normalized spacial score (nSPS) is 14.9. The minimum atomic E-state index is -3.64. The van der Waals surface area contributed by atoms with Crippen molar-refractivity contribution in [2.75, 3.05) is 20.2 Å². The van der Waals surface area contributed by atoms with Crippen LogP contribution in [0.4, 0.5) is 0 Å². The molecule has 0 aromatic heterocycles. The first kappa shape index (κ1) is 22.0. The molecule has 8 heteroatoms. The molecule has 0 amide bonds. The van der Waals surface area contributed by atoms with E-state index in [1.165, 1.54) is 23.5 Å². The topological polar surface area (TPSA) is 90.0 Å². The standard InChI is InChI=1S/C22H25NO6S/c1-16-6-11-19(30(26,27)23-12-4-3-5-13-23)14-20(16)22(25)29-15-17-7-9-18(10-8-17)21(24)28-2/h6-11,14H,3-5,12-13,15H2,1-2H3. The Morgan fingerprint density at radius 2 is 1.63 bits per heavy atom. The van der Waals surface area contributed by atoms with Crippen molar-refractivity contribution in [3.8, 4) is 0 Å². The number of benzene rings is 2. The maximum atomic E-state index is 12.9. The van der Waals surface area contributed by atoms with Crippen LogP contribution in [0.25, 0.3) is 0 Å². The number of esters is 2. The number of ether oxygens (including phenoxy) is 2. The molecule has 2 aromatic carbocycles. The van der Waals surface area contributed by atoms with Crippen LogP contribution < -0.4 is 0 Å². The van der Waals surface area contributed by atoms with Crippen LogP contribution in [0, 0.1) is 6.92 Å². The first-order chi connectivity index (χ1) is 14.3. The molecule has 0 unspecified atom stereocenters. The van der Waals surface area contributed by atoms with Crippen LogP contribution in [0.15, 0.2) is 47.4 Å². The van der Waals surface area contributed by atoms with Crippen LogP contribution in [0.5, 0.6) is 0 Å². The molecule has 7 nitrogen and oxygen atoms in total. The zero-order valence-electron chi connectivity index (χ0n) is 17.1. The fourth-order valence-electron chi connectivity index (χ4n) is 3.32. The Bertz CT molecular complexity index is 1020. The van der Waals surface area contributed by atoms with E-state index in [4.69, 9.17) is 4.74 Å². The minimum absolute atomic E-state index is 0.00281. The fraction of sp³-hybridized carbons (Fsp3) is 0.364. The van der Waals surface area contributed by atoms with Crippen molar-refractivity contribution in [1.82, 2.24) is 4.31 Å². The number of carbonyl (C=O) groups excluding carboxylic acids is 2. The summed E-state index contributed by atoms with van der Waals surface area (Å²) in [5, 5.41) is 0. The predicted octanol–water partition coefficient (Wildman–Crippen LogP) is 3.31. The molecule has 3 rings (SSSR count). The van der Waals surface area contributed by atoms with Gasteiger partial charge in [-0.3, -0.25) is 0 Å². The third-order valence-electron chi connectivity index (χ3n) is 5.13. The number of nitrogens with zero attached hydrogens (tertiary/aromatic N) is 1. The minimum Gasteiger partial charge on any atom is -0.465 e. The van der Waals surface area contributed by atoms with Gasteiger partial charge < -0.3 is 9.47 Å². The van der Waals surface area contributed by atoms with Gasteiger partial charge in [-0.15, -0.1) is 0 Å². The van der Waals surface area contributed by atoms with E-state index >= 15 is 0 Å². The number of hydrogen-bond donors (Lipinski definition) is 0. The molecule has 0 radical (unpaired) electrons. The second-order valence-electron chi connectivity index (χ2n) is 7.21. The van der Waals surface area contributed by atoms with Crippen molar-refractivity contribution in [1.29, 1.82) is 0 Å². The highest BCUT2D eigenvalue weighted by Crippen LogP contribution is 2.23. The van der Waals surface area contributed by atoms with Gasteiger partial charge in [0.15, 0.2) is 0 Å². The SMILES string of the molecule is COC(=O)c1ccc(COC(=O)c2cc(S(=O)(=O)N3CCCCC3)ccc2C)cc1. The van der Waals surface area contributed by atoms with E-state index in [0.29, 0.717) is 29.8 Å². The molecule has 0 N–H and O–H groups in total. The lowest BCUT2D eigenvalue weighted by molar-refractivity contribution is 0.0470. The number of methoxy groups -OCH3 is 1. The lowest BCUT2D eigenvalue weighted by Gasteiger charge is -2.26. The van der Waals surface area contributed by atoms with E-state index in [-0.39, 0.29) is 17.1 Å².